The first-order valence-corrected chi connectivity index (χ1v) is 6.95. The number of aromatic nitrogens is 2. The minimum Gasteiger partial charge on any atom is -0.496 e. The summed E-state index contributed by atoms with van der Waals surface area (Å²) in [6.07, 6.45) is 2.92. The lowest BCUT2D eigenvalue weighted by molar-refractivity contribution is 0.103. The van der Waals surface area contributed by atoms with Gasteiger partial charge in [-0.15, -0.1) is 0 Å². The number of ether oxygens (including phenoxy) is 1. The predicted octanol–water partition coefficient (Wildman–Crippen LogP) is 2.30. The molecule has 2 aromatic rings. The number of thioether (sulfide) groups is 1. The Bertz CT molecular complexity index is 710. The molecule has 1 aromatic heterocycles. The highest BCUT2D eigenvalue weighted by Gasteiger charge is 2.24. The van der Waals surface area contributed by atoms with Gasteiger partial charge in [0.25, 0.3) is 0 Å². The molecule has 110 valence electrons. The first kappa shape index (κ1) is 15.2. The van der Waals surface area contributed by atoms with Gasteiger partial charge >= 0.3 is 0 Å². The van der Waals surface area contributed by atoms with Gasteiger partial charge in [-0.2, -0.15) is 0 Å². The Hall–Kier alpha value is -2.22. The molecule has 0 aliphatic rings. The minimum atomic E-state index is -1.30. The first-order valence-electron chi connectivity index (χ1n) is 5.72. The molecule has 1 heterocycles. The Morgan fingerprint density at radius 1 is 1.38 bits per heavy atom. The molecular formula is C13H11F2N3O2S. The fourth-order valence-corrected chi connectivity index (χ4v) is 2.05. The zero-order valence-electron chi connectivity index (χ0n) is 11.2. The van der Waals surface area contributed by atoms with Gasteiger partial charge in [0, 0.05) is 6.20 Å². The van der Waals surface area contributed by atoms with Crippen LogP contribution in [0.4, 0.5) is 14.6 Å². The van der Waals surface area contributed by atoms with Gasteiger partial charge in [-0.1, -0.05) is 11.8 Å². The van der Waals surface area contributed by atoms with Crippen LogP contribution in [0.1, 0.15) is 15.9 Å². The zero-order chi connectivity index (χ0) is 15.6. The van der Waals surface area contributed by atoms with Gasteiger partial charge in [-0.3, -0.25) is 4.79 Å². The second-order valence-corrected chi connectivity index (χ2v) is 4.70. The Morgan fingerprint density at radius 3 is 2.67 bits per heavy atom. The molecule has 0 aliphatic carbocycles. The second kappa shape index (κ2) is 6.04. The van der Waals surface area contributed by atoms with E-state index in [-0.39, 0.29) is 17.1 Å². The second-order valence-electron chi connectivity index (χ2n) is 3.92. The SMILES string of the molecule is COc1ccc(F)c(F)c1C(=O)c1cnc(SC)nc1N. The summed E-state index contributed by atoms with van der Waals surface area (Å²) in [5, 5.41) is 0.371. The molecule has 0 bridgehead atoms. The number of benzene rings is 1. The molecule has 1 aromatic carbocycles. The average Bonchev–Trinajstić information content (AvgIpc) is 2.49. The molecule has 0 unspecified atom stereocenters. The molecule has 0 spiro atoms. The summed E-state index contributed by atoms with van der Waals surface area (Å²) in [6.45, 7) is 0. The maximum atomic E-state index is 13.9. The Kier molecular flexibility index (Phi) is 4.37. The van der Waals surface area contributed by atoms with E-state index in [0.717, 1.165) is 6.07 Å². The Balaban J connectivity index is 2.57. The third kappa shape index (κ3) is 2.80. The summed E-state index contributed by atoms with van der Waals surface area (Å²) in [4.78, 5) is 20.2. The van der Waals surface area contributed by atoms with Crippen LogP contribution in [0.15, 0.2) is 23.5 Å². The van der Waals surface area contributed by atoms with Crippen molar-refractivity contribution in [1.82, 2.24) is 9.97 Å². The highest BCUT2D eigenvalue weighted by atomic mass is 32.2. The molecule has 0 aliphatic heterocycles. The van der Waals surface area contributed by atoms with Gasteiger partial charge in [0.1, 0.15) is 17.1 Å². The number of nitrogens with two attached hydrogens (primary N) is 1. The van der Waals surface area contributed by atoms with Gasteiger partial charge < -0.3 is 10.5 Å². The maximum absolute atomic E-state index is 13.9. The lowest BCUT2D eigenvalue weighted by Gasteiger charge is -2.10. The molecule has 5 nitrogen and oxygen atoms in total. The number of anilines is 1. The molecule has 0 radical (unpaired) electrons. The van der Waals surface area contributed by atoms with Gasteiger partial charge in [0.05, 0.1) is 12.7 Å². The normalized spacial score (nSPS) is 10.5. The number of hydrogen-bond donors (Lipinski definition) is 1. The van der Waals surface area contributed by atoms with Crippen LogP contribution in [0.25, 0.3) is 0 Å². The van der Waals surface area contributed by atoms with Crippen molar-refractivity contribution in [3.05, 3.63) is 41.1 Å². The number of hydrogen-bond acceptors (Lipinski definition) is 6. The van der Waals surface area contributed by atoms with Gasteiger partial charge in [-0.25, -0.2) is 18.7 Å². The van der Waals surface area contributed by atoms with Crippen molar-refractivity contribution in [2.24, 2.45) is 0 Å². The number of halogens is 2. The van der Waals surface area contributed by atoms with Gasteiger partial charge in [0.2, 0.25) is 5.78 Å². The van der Waals surface area contributed by atoms with Crippen molar-refractivity contribution in [3.63, 3.8) is 0 Å². The summed E-state index contributed by atoms with van der Waals surface area (Å²) in [5.41, 5.74) is 5.02. The number of nitrogens with zero attached hydrogens (tertiary/aromatic N) is 2. The van der Waals surface area contributed by atoms with Crippen molar-refractivity contribution >= 4 is 23.4 Å². The smallest absolute Gasteiger partial charge is 0.205 e. The molecule has 0 atom stereocenters. The lowest BCUT2D eigenvalue weighted by Crippen LogP contribution is -2.12. The van der Waals surface area contributed by atoms with E-state index in [1.54, 1.807) is 6.26 Å². The fourth-order valence-electron chi connectivity index (χ4n) is 1.70. The third-order valence-electron chi connectivity index (χ3n) is 2.73. The number of carbonyl (C=O) groups excluding carboxylic acids is 1. The maximum Gasteiger partial charge on any atom is 0.205 e. The molecule has 0 saturated carbocycles. The quantitative estimate of drug-likeness (QED) is 0.530. The predicted molar refractivity (Wildman–Crippen MR) is 74.6 cm³/mol. The molecule has 8 heteroatoms. The van der Waals surface area contributed by atoms with Crippen molar-refractivity contribution in [1.29, 1.82) is 0 Å². The summed E-state index contributed by atoms with van der Waals surface area (Å²) >= 11 is 1.24. The van der Waals surface area contributed by atoms with E-state index in [4.69, 9.17) is 10.5 Å². The van der Waals surface area contributed by atoms with Gasteiger partial charge in [0.15, 0.2) is 16.8 Å². The highest BCUT2D eigenvalue weighted by Crippen LogP contribution is 2.27. The van der Waals surface area contributed by atoms with Crippen molar-refractivity contribution < 1.29 is 18.3 Å². The number of carbonyl (C=O) groups is 1. The van der Waals surface area contributed by atoms with Crippen LogP contribution in [-0.2, 0) is 0 Å². The number of methoxy groups -OCH3 is 1. The minimum absolute atomic E-state index is 0.0905. The fraction of sp³-hybridized carbons (Fsp3) is 0.154. The number of rotatable bonds is 4. The molecule has 0 saturated heterocycles. The van der Waals surface area contributed by atoms with E-state index in [1.807, 2.05) is 0 Å². The monoisotopic (exact) mass is 311 g/mol. The molecule has 0 fully saturated rings. The Labute approximate surface area is 123 Å². The van der Waals surface area contributed by atoms with Crippen LogP contribution >= 0.6 is 11.8 Å². The summed E-state index contributed by atoms with van der Waals surface area (Å²) < 4.78 is 32.1. The van der Waals surface area contributed by atoms with E-state index in [1.165, 1.54) is 31.1 Å². The van der Waals surface area contributed by atoms with Crippen LogP contribution < -0.4 is 10.5 Å². The van der Waals surface area contributed by atoms with Crippen LogP contribution in [0.5, 0.6) is 5.75 Å². The molecule has 0 amide bonds. The number of nitrogen functional groups attached to an aromatic ring is 1. The molecular weight excluding hydrogens is 300 g/mol. The topological polar surface area (TPSA) is 78.1 Å². The molecule has 21 heavy (non-hydrogen) atoms. The summed E-state index contributed by atoms with van der Waals surface area (Å²) in [6, 6.07) is 2.04. The molecule has 2 rings (SSSR count). The van der Waals surface area contributed by atoms with Crippen LogP contribution in [0.2, 0.25) is 0 Å². The van der Waals surface area contributed by atoms with E-state index < -0.39 is 23.0 Å². The first-order chi connectivity index (χ1) is 9.99. The summed E-state index contributed by atoms with van der Waals surface area (Å²) in [5.74, 6) is -3.49. The van der Waals surface area contributed by atoms with Crippen molar-refractivity contribution in [3.8, 4) is 5.75 Å². The highest BCUT2D eigenvalue weighted by molar-refractivity contribution is 7.98. The average molecular weight is 311 g/mol. The van der Waals surface area contributed by atoms with Crippen molar-refractivity contribution in [2.45, 2.75) is 5.16 Å². The van der Waals surface area contributed by atoms with Gasteiger partial charge in [-0.05, 0) is 18.4 Å². The summed E-state index contributed by atoms with van der Waals surface area (Å²) in [7, 11) is 1.25. The van der Waals surface area contributed by atoms with Crippen molar-refractivity contribution in [2.75, 3.05) is 19.1 Å². The Morgan fingerprint density at radius 2 is 2.10 bits per heavy atom. The largest absolute Gasteiger partial charge is 0.496 e. The van der Waals surface area contributed by atoms with E-state index >= 15 is 0 Å². The lowest BCUT2D eigenvalue weighted by atomic mass is 10.0. The van der Waals surface area contributed by atoms with Crippen LogP contribution in [0, 0.1) is 11.6 Å². The van der Waals surface area contributed by atoms with Crippen LogP contribution in [0.3, 0.4) is 0 Å². The van der Waals surface area contributed by atoms with E-state index in [0.29, 0.717) is 5.16 Å². The third-order valence-corrected chi connectivity index (χ3v) is 3.29. The van der Waals surface area contributed by atoms with E-state index in [2.05, 4.69) is 9.97 Å². The number of ketones is 1. The zero-order valence-corrected chi connectivity index (χ0v) is 12.0. The van der Waals surface area contributed by atoms with Crippen LogP contribution in [-0.4, -0.2) is 29.1 Å². The standard InChI is InChI=1S/C13H11F2N3O2S/c1-20-8-4-3-7(14)10(15)9(8)11(19)6-5-17-13(21-2)18-12(6)16/h3-5H,1-2H3,(H2,16,17,18). The molecule has 2 N–H and O–H groups in total. The van der Waals surface area contributed by atoms with E-state index in [9.17, 15) is 13.6 Å².